The fourth-order valence-electron chi connectivity index (χ4n) is 3.87. The van der Waals surface area contributed by atoms with E-state index in [1.807, 2.05) is 43.3 Å². The molecule has 0 fully saturated rings. The van der Waals surface area contributed by atoms with E-state index in [2.05, 4.69) is 0 Å². The monoisotopic (exact) mass is 479 g/mol. The average Bonchev–Trinajstić information content (AvgIpc) is 2.89. The molecule has 5 heteroatoms. The molecule has 0 N–H and O–H groups in total. The maximum atomic E-state index is 13.1. The highest BCUT2D eigenvalue weighted by atomic mass is 19.1. The van der Waals surface area contributed by atoms with E-state index >= 15 is 0 Å². The van der Waals surface area contributed by atoms with Crippen LogP contribution in [0.5, 0.6) is 0 Å². The van der Waals surface area contributed by atoms with E-state index in [1.54, 1.807) is 48.5 Å². The maximum absolute atomic E-state index is 13.1. The molecular weight excluding hydrogens is 453 g/mol. The molecule has 0 unspecified atom stereocenters. The first kappa shape index (κ1) is 24.7. The molecule has 0 aromatic heterocycles. The Morgan fingerprint density at radius 3 is 1.31 bits per heavy atom. The summed E-state index contributed by atoms with van der Waals surface area (Å²) in [6.45, 7) is 0. The molecule has 0 saturated heterocycles. The molecule has 0 saturated carbocycles. The Balaban J connectivity index is 1.37. The topological polar surface area (TPSA) is 54.5 Å². The third-order valence-electron chi connectivity index (χ3n) is 6.03. The highest BCUT2D eigenvalue weighted by molar-refractivity contribution is 6.09. The number of Topliss-reactive ketones (excluding diaryl/α,β-unsaturated/α-hetero) is 2. The zero-order chi connectivity index (χ0) is 25.7. The van der Waals surface area contributed by atoms with Gasteiger partial charge < -0.3 is 4.90 Å². The zero-order valence-corrected chi connectivity index (χ0v) is 20.2. The predicted octanol–water partition coefficient (Wildman–Crippen LogP) is 5.97. The van der Waals surface area contributed by atoms with Gasteiger partial charge in [0.2, 0.25) is 0 Å². The van der Waals surface area contributed by atoms with Gasteiger partial charge in [-0.15, -0.1) is 0 Å². The lowest BCUT2D eigenvalue weighted by Gasteiger charge is -2.12. The Morgan fingerprint density at radius 1 is 0.556 bits per heavy atom. The SMILES string of the molecule is CN(C)c1ccc(C(=O)Cc2ccc(C(=O)c3ccc(CC(=O)c4ccc(F)cc4)cc3)cc2)cc1. The minimum Gasteiger partial charge on any atom is -0.378 e. The smallest absolute Gasteiger partial charge is 0.193 e. The Labute approximate surface area is 210 Å². The number of carbonyl (C=O) groups is 3. The lowest BCUT2D eigenvalue weighted by Crippen LogP contribution is -2.09. The van der Waals surface area contributed by atoms with Crippen LogP contribution in [0.4, 0.5) is 10.1 Å². The Kier molecular flexibility index (Phi) is 7.50. The van der Waals surface area contributed by atoms with E-state index in [-0.39, 0.29) is 36.0 Å². The number of nitrogens with zero attached hydrogens (tertiary/aromatic N) is 1. The lowest BCUT2D eigenvalue weighted by atomic mass is 9.97. The van der Waals surface area contributed by atoms with Crippen LogP contribution in [-0.4, -0.2) is 31.4 Å². The van der Waals surface area contributed by atoms with Gasteiger partial charge in [-0.05, 0) is 59.7 Å². The standard InChI is InChI=1S/C31H26FNO3/c1-33(2)28-17-13-24(14-18-28)30(35)20-22-5-9-26(10-6-22)31(36)25-7-3-21(4-8-25)19-29(34)23-11-15-27(32)16-12-23/h3-18H,19-20H2,1-2H3. The van der Waals surface area contributed by atoms with Gasteiger partial charge >= 0.3 is 0 Å². The van der Waals surface area contributed by atoms with Crippen LogP contribution in [0.25, 0.3) is 0 Å². The minimum absolute atomic E-state index is 0.0187. The van der Waals surface area contributed by atoms with Crippen LogP contribution in [0, 0.1) is 5.82 Å². The first-order chi connectivity index (χ1) is 17.3. The van der Waals surface area contributed by atoms with Crippen LogP contribution < -0.4 is 4.90 Å². The first-order valence-corrected chi connectivity index (χ1v) is 11.6. The summed E-state index contributed by atoms with van der Waals surface area (Å²) >= 11 is 0. The second-order valence-electron chi connectivity index (χ2n) is 8.87. The number of halogens is 1. The molecule has 0 atom stereocenters. The van der Waals surface area contributed by atoms with Gasteiger partial charge in [0, 0.05) is 54.9 Å². The van der Waals surface area contributed by atoms with Gasteiger partial charge in [-0.1, -0.05) is 48.5 Å². The van der Waals surface area contributed by atoms with Gasteiger partial charge in [-0.3, -0.25) is 14.4 Å². The van der Waals surface area contributed by atoms with Gasteiger partial charge in [0.25, 0.3) is 0 Å². The fraction of sp³-hybridized carbons (Fsp3) is 0.129. The third-order valence-corrected chi connectivity index (χ3v) is 6.03. The molecule has 0 aliphatic carbocycles. The number of benzene rings is 4. The summed E-state index contributed by atoms with van der Waals surface area (Å²) in [5.41, 5.74) is 4.77. The van der Waals surface area contributed by atoms with Crippen molar-refractivity contribution < 1.29 is 18.8 Å². The summed E-state index contributed by atoms with van der Waals surface area (Å²) in [5.74, 6) is -0.620. The van der Waals surface area contributed by atoms with E-state index < -0.39 is 0 Å². The van der Waals surface area contributed by atoms with Crippen LogP contribution in [0.15, 0.2) is 97.1 Å². The van der Waals surface area contributed by atoms with Crippen molar-refractivity contribution in [3.63, 3.8) is 0 Å². The molecule has 4 rings (SSSR count). The predicted molar refractivity (Wildman–Crippen MR) is 140 cm³/mol. The fourth-order valence-corrected chi connectivity index (χ4v) is 3.87. The Bertz CT molecular complexity index is 1370. The second kappa shape index (κ2) is 10.9. The highest BCUT2D eigenvalue weighted by Gasteiger charge is 2.13. The van der Waals surface area contributed by atoms with Crippen molar-refractivity contribution in [3.8, 4) is 0 Å². The van der Waals surface area contributed by atoms with Crippen molar-refractivity contribution in [3.05, 3.63) is 136 Å². The molecule has 0 radical (unpaired) electrons. The van der Waals surface area contributed by atoms with Crippen LogP contribution in [0.1, 0.15) is 47.8 Å². The van der Waals surface area contributed by atoms with Crippen LogP contribution in [0.3, 0.4) is 0 Å². The molecule has 4 aromatic rings. The van der Waals surface area contributed by atoms with Gasteiger partial charge in [-0.2, -0.15) is 0 Å². The Hall–Kier alpha value is -4.38. The van der Waals surface area contributed by atoms with Crippen LogP contribution in [0.2, 0.25) is 0 Å². The van der Waals surface area contributed by atoms with E-state index in [0.29, 0.717) is 22.3 Å². The number of hydrogen-bond donors (Lipinski definition) is 0. The number of ketones is 3. The summed E-state index contributed by atoms with van der Waals surface area (Å²) in [7, 11) is 3.90. The van der Waals surface area contributed by atoms with Gasteiger partial charge in [0.05, 0.1) is 0 Å². The largest absolute Gasteiger partial charge is 0.378 e. The van der Waals surface area contributed by atoms with Crippen molar-refractivity contribution >= 4 is 23.0 Å². The van der Waals surface area contributed by atoms with E-state index in [4.69, 9.17) is 0 Å². The molecule has 0 aliphatic heterocycles. The Morgan fingerprint density at radius 2 is 0.917 bits per heavy atom. The summed E-state index contributed by atoms with van der Waals surface area (Å²) in [6.07, 6.45) is 0.424. The van der Waals surface area contributed by atoms with E-state index in [9.17, 15) is 18.8 Å². The summed E-state index contributed by atoms with van der Waals surface area (Å²) in [5, 5.41) is 0. The number of carbonyl (C=O) groups excluding carboxylic acids is 3. The number of anilines is 1. The summed E-state index contributed by atoms with van der Waals surface area (Å²) in [4.78, 5) is 39.9. The summed E-state index contributed by atoms with van der Waals surface area (Å²) in [6, 6.07) is 26.9. The highest BCUT2D eigenvalue weighted by Crippen LogP contribution is 2.17. The quantitative estimate of drug-likeness (QED) is 0.278. The van der Waals surface area contributed by atoms with Crippen molar-refractivity contribution in [2.24, 2.45) is 0 Å². The van der Waals surface area contributed by atoms with Crippen LogP contribution in [-0.2, 0) is 12.8 Å². The first-order valence-electron chi connectivity index (χ1n) is 11.6. The van der Waals surface area contributed by atoms with Crippen molar-refractivity contribution in [2.45, 2.75) is 12.8 Å². The molecule has 0 aliphatic rings. The molecule has 4 nitrogen and oxygen atoms in total. The molecule has 4 aromatic carbocycles. The molecule has 0 amide bonds. The average molecular weight is 480 g/mol. The number of rotatable bonds is 9. The second-order valence-corrected chi connectivity index (χ2v) is 8.87. The maximum Gasteiger partial charge on any atom is 0.193 e. The van der Waals surface area contributed by atoms with Crippen molar-refractivity contribution in [2.75, 3.05) is 19.0 Å². The normalized spacial score (nSPS) is 10.6. The molecule has 0 spiro atoms. The third kappa shape index (κ3) is 5.99. The molecule has 0 bridgehead atoms. The molecular formula is C31H26FNO3. The van der Waals surface area contributed by atoms with Gasteiger partial charge in [-0.25, -0.2) is 4.39 Å². The zero-order valence-electron chi connectivity index (χ0n) is 20.2. The number of hydrogen-bond acceptors (Lipinski definition) is 4. The van der Waals surface area contributed by atoms with Gasteiger partial charge in [0.15, 0.2) is 17.3 Å². The van der Waals surface area contributed by atoms with Gasteiger partial charge in [0.1, 0.15) is 5.82 Å². The molecule has 180 valence electrons. The van der Waals surface area contributed by atoms with E-state index in [0.717, 1.165) is 16.8 Å². The van der Waals surface area contributed by atoms with E-state index in [1.165, 1.54) is 24.3 Å². The van der Waals surface area contributed by atoms with Crippen LogP contribution >= 0.6 is 0 Å². The van der Waals surface area contributed by atoms with Crippen molar-refractivity contribution in [1.82, 2.24) is 0 Å². The molecule has 0 heterocycles. The lowest BCUT2D eigenvalue weighted by molar-refractivity contribution is 0.0984. The molecule has 36 heavy (non-hydrogen) atoms. The summed E-state index contributed by atoms with van der Waals surface area (Å²) < 4.78 is 13.1. The van der Waals surface area contributed by atoms with Crippen molar-refractivity contribution in [1.29, 1.82) is 0 Å². The minimum atomic E-state index is -0.385.